The van der Waals surface area contributed by atoms with Crippen molar-refractivity contribution < 1.29 is 4.52 Å². The number of aryl methyl sites for hydroxylation is 1. The third kappa shape index (κ3) is 2.30. The molecule has 1 fully saturated rings. The minimum Gasteiger partial charge on any atom is -0.339 e. The topological polar surface area (TPSA) is 77.8 Å². The van der Waals surface area contributed by atoms with Crippen LogP contribution in [-0.2, 0) is 11.8 Å². The normalized spacial score (nSPS) is 27.0. The molecule has 2 aromatic heterocycles. The third-order valence-corrected chi connectivity index (χ3v) is 4.81. The molecule has 0 aromatic carbocycles. The second-order valence-corrected chi connectivity index (χ2v) is 6.53. The highest BCUT2D eigenvalue weighted by Crippen LogP contribution is 2.38. The fraction of sp³-hybridized carbons (Fsp3) is 0.615. The van der Waals surface area contributed by atoms with Gasteiger partial charge in [-0.2, -0.15) is 4.98 Å². The van der Waals surface area contributed by atoms with Gasteiger partial charge in [0.25, 0.3) is 0 Å². The zero-order chi connectivity index (χ0) is 13.5. The van der Waals surface area contributed by atoms with Gasteiger partial charge in [0, 0.05) is 11.4 Å². The van der Waals surface area contributed by atoms with Gasteiger partial charge in [-0.25, -0.2) is 4.98 Å². The largest absolute Gasteiger partial charge is 0.339 e. The summed E-state index contributed by atoms with van der Waals surface area (Å²) in [6, 6.07) is 0.113. The second kappa shape index (κ2) is 4.68. The zero-order valence-corrected chi connectivity index (χ0v) is 12.0. The quantitative estimate of drug-likeness (QED) is 0.931. The molecule has 0 aliphatic heterocycles. The van der Waals surface area contributed by atoms with Gasteiger partial charge in [0.2, 0.25) is 5.89 Å². The molecule has 2 unspecified atom stereocenters. The summed E-state index contributed by atoms with van der Waals surface area (Å²) in [5.41, 5.74) is 7.00. The number of rotatable bonds is 3. The molecule has 0 amide bonds. The van der Waals surface area contributed by atoms with Crippen LogP contribution in [0, 0.1) is 6.92 Å². The first kappa shape index (κ1) is 12.7. The van der Waals surface area contributed by atoms with E-state index in [9.17, 15) is 0 Å². The van der Waals surface area contributed by atoms with Crippen molar-refractivity contribution in [1.82, 2.24) is 15.1 Å². The summed E-state index contributed by atoms with van der Waals surface area (Å²) in [5, 5.41) is 7.16. The summed E-state index contributed by atoms with van der Waals surface area (Å²) in [5.74, 6) is 1.38. The molecule has 6 heteroatoms. The minimum atomic E-state index is -0.163. The van der Waals surface area contributed by atoms with Gasteiger partial charge in [0.1, 0.15) is 0 Å². The van der Waals surface area contributed by atoms with Crippen molar-refractivity contribution in [3.8, 4) is 0 Å². The Kier molecular flexibility index (Phi) is 3.14. The Morgan fingerprint density at radius 3 is 3.00 bits per heavy atom. The van der Waals surface area contributed by atoms with E-state index >= 15 is 0 Å². The number of aromatic nitrogens is 3. The first-order chi connectivity index (χ1) is 9.08. The van der Waals surface area contributed by atoms with E-state index < -0.39 is 0 Å². The summed E-state index contributed by atoms with van der Waals surface area (Å²) in [6.45, 7) is 4.11. The first-order valence-electron chi connectivity index (χ1n) is 6.57. The maximum Gasteiger partial charge on any atom is 0.234 e. The second-order valence-electron chi connectivity index (χ2n) is 5.47. The van der Waals surface area contributed by atoms with Crippen molar-refractivity contribution in [1.29, 1.82) is 0 Å². The standard InChI is InChI=1S/C13H18N4OS/c1-8-15-9(7-19-8)6-11-16-12(18-17-11)13(2)5-3-4-10(13)14/h7,10H,3-6,14H2,1-2H3. The molecule has 2 heterocycles. The molecule has 1 aliphatic carbocycles. The van der Waals surface area contributed by atoms with E-state index in [0.717, 1.165) is 30.0 Å². The Bertz CT molecular complexity index is 579. The Morgan fingerprint density at radius 1 is 1.53 bits per heavy atom. The van der Waals surface area contributed by atoms with Gasteiger partial charge >= 0.3 is 0 Å². The van der Waals surface area contributed by atoms with Crippen LogP contribution in [0.5, 0.6) is 0 Å². The molecule has 19 heavy (non-hydrogen) atoms. The van der Waals surface area contributed by atoms with Gasteiger partial charge in [-0.15, -0.1) is 11.3 Å². The van der Waals surface area contributed by atoms with Crippen molar-refractivity contribution >= 4 is 11.3 Å². The molecule has 102 valence electrons. The molecule has 0 bridgehead atoms. The van der Waals surface area contributed by atoms with Crippen LogP contribution in [-0.4, -0.2) is 21.2 Å². The molecule has 2 N–H and O–H groups in total. The SMILES string of the molecule is Cc1nc(Cc2noc(C3(C)CCCC3N)n2)cs1. The van der Waals surface area contributed by atoms with Crippen LogP contribution in [0.3, 0.4) is 0 Å². The minimum absolute atomic E-state index is 0.113. The summed E-state index contributed by atoms with van der Waals surface area (Å²) >= 11 is 1.64. The molecule has 1 aliphatic rings. The Morgan fingerprint density at radius 2 is 2.37 bits per heavy atom. The highest BCUT2D eigenvalue weighted by Gasteiger charge is 2.42. The number of nitrogens with two attached hydrogens (primary N) is 1. The van der Waals surface area contributed by atoms with Crippen molar-refractivity contribution in [2.75, 3.05) is 0 Å². The molecule has 3 rings (SSSR count). The summed E-state index contributed by atoms with van der Waals surface area (Å²) < 4.78 is 5.44. The van der Waals surface area contributed by atoms with Crippen LogP contribution in [0.25, 0.3) is 0 Å². The van der Waals surface area contributed by atoms with Gasteiger partial charge < -0.3 is 10.3 Å². The molecule has 5 nitrogen and oxygen atoms in total. The van der Waals surface area contributed by atoms with E-state index in [0.29, 0.717) is 18.1 Å². The Labute approximate surface area is 116 Å². The third-order valence-electron chi connectivity index (χ3n) is 3.99. The number of hydrogen-bond acceptors (Lipinski definition) is 6. The monoisotopic (exact) mass is 278 g/mol. The molecular formula is C13H18N4OS. The molecule has 0 spiro atoms. The fourth-order valence-electron chi connectivity index (χ4n) is 2.67. The van der Waals surface area contributed by atoms with Crippen LogP contribution < -0.4 is 5.73 Å². The lowest BCUT2D eigenvalue weighted by Crippen LogP contribution is -2.38. The molecule has 2 atom stereocenters. The van der Waals surface area contributed by atoms with Crippen molar-refractivity contribution in [3.63, 3.8) is 0 Å². The average molecular weight is 278 g/mol. The van der Waals surface area contributed by atoms with Gasteiger partial charge in [0.05, 0.1) is 22.5 Å². The van der Waals surface area contributed by atoms with Gasteiger partial charge in [-0.05, 0) is 26.7 Å². The van der Waals surface area contributed by atoms with Crippen molar-refractivity contribution in [2.45, 2.75) is 51.0 Å². The van der Waals surface area contributed by atoms with Gasteiger partial charge in [-0.1, -0.05) is 11.6 Å². The van der Waals surface area contributed by atoms with E-state index in [1.54, 1.807) is 11.3 Å². The van der Waals surface area contributed by atoms with E-state index in [2.05, 4.69) is 22.0 Å². The molecule has 1 saturated carbocycles. The summed E-state index contributed by atoms with van der Waals surface area (Å²) in [4.78, 5) is 8.94. The Balaban J connectivity index is 1.80. The van der Waals surface area contributed by atoms with Crippen LogP contribution in [0.4, 0.5) is 0 Å². The lowest BCUT2D eigenvalue weighted by atomic mass is 9.85. The number of thiazole rings is 1. The highest BCUT2D eigenvalue weighted by atomic mass is 32.1. The summed E-state index contributed by atoms with van der Waals surface area (Å²) in [7, 11) is 0. The number of nitrogens with zero attached hydrogens (tertiary/aromatic N) is 3. The van der Waals surface area contributed by atoms with E-state index in [1.807, 2.05) is 12.3 Å². The zero-order valence-electron chi connectivity index (χ0n) is 11.2. The van der Waals surface area contributed by atoms with E-state index in [-0.39, 0.29) is 11.5 Å². The highest BCUT2D eigenvalue weighted by molar-refractivity contribution is 7.09. The van der Waals surface area contributed by atoms with Crippen LogP contribution in [0.2, 0.25) is 0 Å². The van der Waals surface area contributed by atoms with Crippen LogP contribution in [0.1, 0.15) is 48.6 Å². The van der Waals surface area contributed by atoms with Crippen molar-refractivity contribution in [3.05, 3.63) is 27.8 Å². The predicted octanol–water partition coefficient (Wildman–Crippen LogP) is 2.19. The van der Waals surface area contributed by atoms with Crippen molar-refractivity contribution in [2.24, 2.45) is 5.73 Å². The van der Waals surface area contributed by atoms with Crippen LogP contribution in [0.15, 0.2) is 9.90 Å². The first-order valence-corrected chi connectivity index (χ1v) is 7.45. The average Bonchev–Trinajstić information content (AvgIpc) is 3.05. The van der Waals surface area contributed by atoms with E-state index in [1.165, 1.54) is 0 Å². The molecular weight excluding hydrogens is 260 g/mol. The maximum atomic E-state index is 6.17. The molecule has 2 aromatic rings. The lowest BCUT2D eigenvalue weighted by Gasteiger charge is -2.23. The smallest absolute Gasteiger partial charge is 0.234 e. The summed E-state index contributed by atoms with van der Waals surface area (Å²) in [6.07, 6.45) is 3.80. The fourth-order valence-corrected chi connectivity index (χ4v) is 3.28. The van der Waals surface area contributed by atoms with E-state index in [4.69, 9.17) is 10.3 Å². The van der Waals surface area contributed by atoms with Gasteiger partial charge in [-0.3, -0.25) is 0 Å². The van der Waals surface area contributed by atoms with Crippen LogP contribution >= 0.6 is 11.3 Å². The number of hydrogen-bond donors (Lipinski definition) is 1. The maximum absolute atomic E-state index is 6.17. The predicted molar refractivity (Wildman–Crippen MR) is 73.1 cm³/mol. The molecule has 0 radical (unpaired) electrons. The van der Waals surface area contributed by atoms with Gasteiger partial charge in [0.15, 0.2) is 5.82 Å². The lowest BCUT2D eigenvalue weighted by molar-refractivity contribution is 0.276. The molecule has 0 saturated heterocycles. The Hall–Kier alpha value is -1.27.